The standard InChI is InChI=1S/C11H24N2S/c1-13(2)11(6-4-7-11)10-12-8-5-9-14-3/h12H,4-10H2,1-3H3. The molecule has 0 aromatic carbocycles. The van der Waals surface area contributed by atoms with Gasteiger partial charge < -0.3 is 10.2 Å². The number of hydrogen-bond acceptors (Lipinski definition) is 3. The molecule has 0 bridgehead atoms. The van der Waals surface area contributed by atoms with Gasteiger partial charge in [-0.3, -0.25) is 0 Å². The van der Waals surface area contributed by atoms with Gasteiger partial charge in [-0.1, -0.05) is 0 Å². The Morgan fingerprint density at radius 3 is 2.50 bits per heavy atom. The summed E-state index contributed by atoms with van der Waals surface area (Å²) >= 11 is 1.94. The van der Waals surface area contributed by atoms with Crippen molar-refractivity contribution >= 4 is 11.8 Å². The van der Waals surface area contributed by atoms with Gasteiger partial charge in [-0.15, -0.1) is 0 Å². The summed E-state index contributed by atoms with van der Waals surface area (Å²) in [5.74, 6) is 1.28. The molecule has 0 heterocycles. The van der Waals surface area contributed by atoms with Crippen LogP contribution in [0.4, 0.5) is 0 Å². The highest BCUT2D eigenvalue weighted by Crippen LogP contribution is 2.35. The largest absolute Gasteiger partial charge is 0.315 e. The van der Waals surface area contributed by atoms with Gasteiger partial charge in [0.2, 0.25) is 0 Å². The Labute approximate surface area is 92.8 Å². The molecule has 1 N–H and O–H groups in total. The summed E-state index contributed by atoms with van der Waals surface area (Å²) in [5.41, 5.74) is 0.485. The first-order valence-electron chi connectivity index (χ1n) is 5.58. The van der Waals surface area contributed by atoms with E-state index in [0.717, 1.165) is 0 Å². The number of nitrogens with one attached hydrogen (secondary N) is 1. The molecule has 0 unspecified atom stereocenters. The number of nitrogens with zero attached hydrogens (tertiary/aromatic N) is 1. The molecule has 0 atom stereocenters. The van der Waals surface area contributed by atoms with Gasteiger partial charge in [0.25, 0.3) is 0 Å². The minimum Gasteiger partial charge on any atom is -0.315 e. The molecule has 0 aliphatic heterocycles. The van der Waals surface area contributed by atoms with Gasteiger partial charge in [-0.25, -0.2) is 0 Å². The molecule has 2 nitrogen and oxygen atoms in total. The topological polar surface area (TPSA) is 15.3 Å². The second-order valence-corrected chi connectivity index (χ2v) is 5.48. The van der Waals surface area contributed by atoms with Crippen molar-refractivity contribution in [3.63, 3.8) is 0 Å². The van der Waals surface area contributed by atoms with E-state index in [1.54, 1.807) is 0 Å². The lowest BCUT2D eigenvalue weighted by atomic mass is 9.75. The summed E-state index contributed by atoms with van der Waals surface area (Å²) in [6.45, 7) is 2.35. The molecule has 14 heavy (non-hydrogen) atoms. The molecule has 0 aromatic heterocycles. The molecule has 0 radical (unpaired) electrons. The molecule has 1 rings (SSSR count). The number of thioether (sulfide) groups is 1. The van der Waals surface area contributed by atoms with Gasteiger partial charge in [-0.2, -0.15) is 11.8 Å². The molecule has 1 saturated carbocycles. The molecular weight excluding hydrogens is 192 g/mol. The Bertz CT molecular complexity index is 155. The van der Waals surface area contributed by atoms with Crippen LogP contribution in [-0.4, -0.2) is 49.6 Å². The van der Waals surface area contributed by atoms with E-state index in [1.807, 2.05) is 11.8 Å². The fourth-order valence-electron chi connectivity index (χ4n) is 2.03. The summed E-state index contributed by atoms with van der Waals surface area (Å²) in [6, 6.07) is 0. The van der Waals surface area contributed by atoms with Crippen molar-refractivity contribution in [2.75, 3.05) is 39.2 Å². The summed E-state index contributed by atoms with van der Waals surface area (Å²) in [7, 11) is 4.42. The molecular formula is C11H24N2S. The quantitative estimate of drug-likeness (QED) is 0.654. The highest BCUT2D eigenvalue weighted by atomic mass is 32.2. The predicted molar refractivity (Wildman–Crippen MR) is 66.1 cm³/mol. The number of hydrogen-bond donors (Lipinski definition) is 1. The van der Waals surface area contributed by atoms with Crippen LogP contribution in [0.3, 0.4) is 0 Å². The lowest BCUT2D eigenvalue weighted by Crippen LogP contribution is -2.56. The lowest BCUT2D eigenvalue weighted by molar-refractivity contribution is 0.0604. The third kappa shape index (κ3) is 3.14. The van der Waals surface area contributed by atoms with Crippen LogP contribution in [-0.2, 0) is 0 Å². The fraction of sp³-hybridized carbons (Fsp3) is 1.00. The van der Waals surface area contributed by atoms with Crippen LogP contribution in [0.15, 0.2) is 0 Å². The van der Waals surface area contributed by atoms with Crippen LogP contribution in [0.1, 0.15) is 25.7 Å². The van der Waals surface area contributed by atoms with Crippen molar-refractivity contribution < 1.29 is 0 Å². The molecule has 0 spiro atoms. The average molecular weight is 216 g/mol. The van der Waals surface area contributed by atoms with Crippen molar-refractivity contribution in [2.45, 2.75) is 31.2 Å². The summed E-state index contributed by atoms with van der Waals surface area (Å²) < 4.78 is 0. The van der Waals surface area contributed by atoms with Gasteiger partial charge >= 0.3 is 0 Å². The zero-order valence-corrected chi connectivity index (χ0v) is 10.6. The van der Waals surface area contributed by atoms with Crippen LogP contribution in [0.25, 0.3) is 0 Å². The predicted octanol–water partition coefficient (Wildman–Crippen LogP) is 1.81. The van der Waals surface area contributed by atoms with Gasteiger partial charge in [0.05, 0.1) is 0 Å². The maximum Gasteiger partial charge on any atom is 0.0327 e. The van der Waals surface area contributed by atoms with Gasteiger partial charge in [0, 0.05) is 12.1 Å². The lowest BCUT2D eigenvalue weighted by Gasteiger charge is -2.47. The van der Waals surface area contributed by atoms with Crippen LogP contribution < -0.4 is 5.32 Å². The van der Waals surface area contributed by atoms with Crippen LogP contribution >= 0.6 is 11.8 Å². The van der Waals surface area contributed by atoms with Gasteiger partial charge in [-0.05, 0) is 58.3 Å². The molecule has 0 amide bonds. The van der Waals surface area contributed by atoms with Crippen molar-refractivity contribution in [2.24, 2.45) is 0 Å². The van der Waals surface area contributed by atoms with E-state index in [1.165, 1.54) is 44.5 Å². The Kier molecular flexibility index (Phi) is 5.28. The summed E-state index contributed by atoms with van der Waals surface area (Å²) in [5, 5.41) is 3.59. The SMILES string of the molecule is CSCCCNCC1(N(C)C)CCC1. The van der Waals surface area contributed by atoms with Crippen LogP contribution in [0.2, 0.25) is 0 Å². The molecule has 84 valence electrons. The third-order valence-electron chi connectivity index (χ3n) is 3.39. The highest BCUT2D eigenvalue weighted by Gasteiger charge is 2.38. The van der Waals surface area contributed by atoms with Crippen LogP contribution in [0, 0.1) is 0 Å². The Morgan fingerprint density at radius 2 is 2.07 bits per heavy atom. The Hall–Kier alpha value is 0.270. The number of rotatable bonds is 7. The van der Waals surface area contributed by atoms with Crippen molar-refractivity contribution in [3.05, 3.63) is 0 Å². The fourth-order valence-corrected chi connectivity index (χ4v) is 2.46. The first kappa shape index (κ1) is 12.3. The third-order valence-corrected chi connectivity index (χ3v) is 4.09. The second kappa shape index (κ2) is 5.99. The van der Waals surface area contributed by atoms with Crippen molar-refractivity contribution in [3.8, 4) is 0 Å². The van der Waals surface area contributed by atoms with Gasteiger partial charge in [0.1, 0.15) is 0 Å². The van der Waals surface area contributed by atoms with E-state index in [2.05, 4.69) is 30.6 Å². The Morgan fingerprint density at radius 1 is 1.36 bits per heavy atom. The maximum absolute atomic E-state index is 3.59. The average Bonchev–Trinajstić information content (AvgIpc) is 2.07. The van der Waals surface area contributed by atoms with Crippen molar-refractivity contribution in [1.29, 1.82) is 0 Å². The van der Waals surface area contributed by atoms with E-state index in [-0.39, 0.29) is 0 Å². The van der Waals surface area contributed by atoms with E-state index >= 15 is 0 Å². The van der Waals surface area contributed by atoms with Crippen molar-refractivity contribution in [1.82, 2.24) is 10.2 Å². The summed E-state index contributed by atoms with van der Waals surface area (Å²) in [6.07, 6.45) is 7.62. The smallest absolute Gasteiger partial charge is 0.0327 e. The molecule has 0 saturated heterocycles. The minimum absolute atomic E-state index is 0.485. The minimum atomic E-state index is 0.485. The monoisotopic (exact) mass is 216 g/mol. The van der Waals surface area contributed by atoms with E-state index in [9.17, 15) is 0 Å². The maximum atomic E-state index is 3.59. The second-order valence-electron chi connectivity index (χ2n) is 4.50. The number of likely N-dealkylation sites (N-methyl/N-ethyl adjacent to an activating group) is 1. The Balaban J connectivity index is 2.09. The highest BCUT2D eigenvalue weighted by molar-refractivity contribution is 7.98. The molecule has 3 heteroatoms. The molecule has 1 aliphatic carbocycles. The zero-order valence-electron chi connectivity index (χ0n) is 9.81. The molecule has 1 aliphatic rings. The molecule has 1 fully saturated rings. The first-order chi connectivity index (χ1) is 6.71. The van der Waals surface area contributed by atoms with E-state index < -0.39 is 0 Å². The van der Waals surface area contributed by atoms with E-state index in [0.29, 0.717) is 5.54 Å². The van der Waals surface area contributed by atoms with E-state index in [4.69, 9.17) is 0 Å². The normalized spacial score (nSPS) is 19.7. The van der Waals surface area contributed by atoms with Crippen LogP contribution in [0.5, 0.6) is 0 Å². The van der Waals surface area contributed by atoms with Gasteiger partial charge in [0.15, 0.2) is 0 Å². The zero-order chi connectivity index (χ0) is 10.4. The summed E-state index contributed by atoms with van der Waals surface area (Å²) in [4.78, 5) is 2.40. The first-order valence-corrected chi connectivity index (χ1v) is 6.98. The molecule has 0 aromatic rings.